The third-order valence-electron chi connectivity index (χ3n) is 5.71. The maximum absolute atomic E-state index is 13.4. The molecule has 0 saturated carbocycles. The van der Waals surface area contributed by atoms with Crippen molar-refractivity contribution in [2.24, 2.45) is 5.92 Å². The van der Waals surface area contributed by atoms with Crippen LogP contribution in [0.25, 0.3) is 10.2 Å². The van der Waals surface area contributed by atoms with E-state index in [2.05, 4.69) is 12.2 Å². The van der Waals surface area contributed by atoms with Crippen LogP contribution in [-0.2, 0) is 17.6 Å². The molecule has 1 aliphatic carbocycles. The van der Waals surface area contributed by atoms with Crippen molar-refractivity contribution in [3.8, 4) is 0 Å². The summed E-state index contributed by atoms with van der Waals surface area (Å²) in [7, 11) is 0. The number of anilines is 1. The zero-order chi connectivity index (χ0) is 20.0. The molecule has 2 atom stereocenters. The Kier molecular flexibility index (Phi) is 4.83. The van der Waals surface area contributed by atoms with Gasteiger partial charge in [0, 0.05) is 10.6 Å². The normalized spacial score (nSPS) is 17.4. The van der Waals surface area contributed by atoms with Gasteiger partial charge in [-0.15, -0.1) is 11.3 Å². The van der Waals surface area contributed by atoms with Crippen LogP contribution in [0.4, 0.5) is 5.69 Å². The molecule has 2 heterocycles. The zero-order valence-electron chi connectivity index (χ0n) is 16.7. The first kappa shape index (κ1) is 18.9. The lowest BCUT2D eigenvalue weighted by molar-refractivity contribution is -0.118. The molecule has 0 fully saturated rings. The van der Waals surface area contributed by atoms with Crippen LogP contribution in [0.15, 0.2) is 29.1 Å². The third kappa shape index (κ3) is 3.15. The molecule has 1 aliphatic rings. The van der Waals surface area contributed by atoms with E-state index in [4.69, 9.17) is 4.98 Å². The van der Waals surface area contributed by atoms with E-state index in [1.165, 1.54) is 4.88 Å². The third-order valence-corrected chi connectivity index (χ3v) is 6.86. The Bertz CT molecular complexity index is 1130. The Morgan fingerprint density at radius 3 is 2.82 bits per heavy atom. The second-order valence-corrected chi connectivity index (χ2v) is 8.93. The molecule has 2 aromatic heterocycles. The van der Waals surface area contributed by atoms with Gasteiger partial charge in [-0.3, -0.25) is 14.2 Å². The second-order valence-electron chi connectivity index (χ2n) is 7.85. The molecule has 146 valence electrons. The largest absolute Gasteiger partial charge is 0.324 e. The number of hydrogen-bond acceptors (Lipinski definition) is 4. The Hall–Kier alpha value is -2.47. The van der Waals surface area contributed by atoms with E-state index in [1.54, 1.807) is 29.8 Å². The van der Waals surface area contributed by atoms with Crippen LogP contribution in [-0.4, -0.2) is 15.5 Å². The Balaban J connectivity index is 1.75. The summed E-state index contributed by atoms with van der Waals surface area (Å²) in [6.07, 6.45) is 3.02. The van der Waals surface area contributed by atoms with Crippen molar-refractivity contribution in [1.29, 1.82) is 0 Å². The molecule has 0 radical (unpaired) electrons. The minimum Gasteiger partial charge on any atom is -0.324 e. The van der Waals surface area contributed by atoms with Crippen LogP contribution in [0.3, 0.4) is 0 Å². The van der Waals surface area contributed by atoms with Crippen LogP contribution in [0.2, 0.25) is 0 Å². The van der Waals surface area contributed by atoms with E-state index < -0.39 is 6.04 Å². The minimum absolute atomic E-state index is 0.0954. The molecule has 0 spiro atoms. The van der Waals surface area contributed by atoms with Crippen molar-refractivity contribution < 1.29 is 4.79 Å². The van der Waals surface area contributed by atoms with Crippen molar-refractivity contribution in [3.05, 3.63) is 56.4 Å². The van der Waals surface area contributed by atoms with Crippen molar-refractivity contribution >= 4 is 33.1 Å². The quantitative estimate of drug-likeness (QED) is 0.715. The molecule has 3 aromatic rings. The first-order valence-corrected chi connectivity index (χ1v) is 10.6. The summed E-state index contributed by atoms with van der Waals surface area (Å²) in [6.45, 7) is 7.77. The fourth-order valence-electron chi connectivity index (χ4n) is 4.03. The molecule has 2 unspecified atom stereocenters. The number of para-hydroxylation sites is 1. The van der Waals surface area contributed by atoms with Gasteiger partial charge < -0.3 is 5.32 Å². The molecule has 1 N–H and O–H groups in total. The molecule has 1 amide bonds. The maximum atomic E-state index is 13.4. The molecule has 4 rings (SSSR count). The topological polar surface area (TPSA) is 64.0 Å². The highest BCUT2D eigenvalue weighted by Gasteiger charge is 2.26. The van der Waals surface area contributed by atoms with Crippen LogP contribution in [0.1, 0.15) is 48.1 Å². The standard InChI is InChI=1S/C22H25N3O2S/c1-12-9-10-16-18(11-12)28-21-19(16)22(27)25(15(4)23-21)14(3)20(26)24-17-8-6-5-7-13(17)2/h5-8,12,14H,9-11H2,1-4H3,(H,24,26). The van der Waals surface area contributed by atoms with Crippen LogP contribution in [0.5, 0.6) is 0 Å². The number of benzene rings is 1. The van der Waals surface area contributed by atoms with E-state index in [9.17, 15) is 9.59 Å². The van der Waals surface area contributed by atoms with Crippen molar-refractivity contribution in [3.63, 3.8) is 0 Å². The van der Waals surface area contributed by atoms with Gasteiger partial charge in [-0.2, -0.15) is 0 Å². The van der Waals surface area contributed by atoms with Crippen molar-refractivity contribution in [2.45, 2.75) is 53.0 Å². The lowest BCUT2D eigenvalue weighted by Gasteiger charge is -2.19. The predicted molar refractivity (Wildman–Crippen MR) is 114 cm³/mol. The number of aromatic nitrogens is 2. The van der Waals surface area contributed by atoms with Gasteiger partial charge in [0.05, 0.1) is 5.39 Å². The van der Waals surface area contributed by atoms with Crippen LogP contribution >= 0.6 is 11.3 Å². The summed E-state index contributed by atoms with van der Waals surface area (Å²) in [5.74, 6) is 1.01. The van der Waals surface area contributed by atoms with E-state index >= 15 is 0 Å². The minimum atomic E-state index is -0.637. The van der Waals surface area contributed by atoms with Gasteiger partial charge in [0.1, 0.15) is 16.7 Å². The summed E-state index contributed by atoms with van der Waals surface area (Å²) in [5.41, 5.74) is 2.81. The zero-order valence-corrected chi connectivity index (χ0v) is 17.5. The van der Waals surface area contributed by atoms with Crippen LogP contribution in [0, 0.1) is 19.8 Å². The summed E-state index contributed by atoms with van der Waals surface area (Å²) in [4.78, 5) is 33.0. The second kappa shape index (κ2) is 7.17. The predicted octanol–water partition coefficient (Wildman–Crippen LogP) is 4.40. The molecule has 0 bridgehead atoms. The van der Waals surface area contributed by atoms with E-state index in [0.29, 0.717) is 17.1 Å². The maximum Gasteiger partial charge on any atom is 0.263 e. The van der Waals surface area contributed by atoms with Crippen molar-refractivity contribution in [1.82, 2.24) is 9.55 Å². The number of nitrogens with zero attached hydrogens (tertiary/aromatic N) is 2. The summed E-state index contributed by atoms with van der Waals surface area (Å²) >= 11 is 1.64. The summed E-state index contributed by atoms with van der Waals surface area (Å²) in [5, 5.41) is 3.66. The number of rotatable bonds is 3. The van der Waals surface area contributed by atoms with Gasteiger partial charge in [0.2, 0.25) is 5.91 Å². The average Bonchev–Trinajstić information content (AvgIpc) is 3.00. The smallest absolute Gasteiger partial charge is 0.263 e. The van der Waals surface area contributed by atoms with Gasteiger partial charge >= 0.3 is 0 Å². The van der Waals surface area contributed by atoms with E-state index in [1.807, 2.05) is 31.2 Å². The Morgan fingerprint density at radius 1 is 1.32 bits per heavy atom. The van der Waals surface area contributed by atoms with Gasteiger partial charge in [-0.25, -0.2) is 4.98 Å². The Labute approximate surface area is 168 Å². The first-order chi connectivity index (χ1) is 13.4. The number of hydrogen-bond donors (Lipinski definition) is 1. The van der Waals surface area contributed by atoms with Gasteiger partial charge in [0.15, 0.2) is 0 Å². The highest BCUT2D eigenvalue weighted by molar-refractivity contribution is 7.18. The lowest BCUT2D eigenvalue weighted by atomic mass is 9.89. The lowest BCUT2D eigenvalue weighted by Crippen LogP contribution is -2.34. The first-order valence-electron chi connectivity index (χ1n) is 9.76. The van der Waals surface area contributed by atoms with E-state index in [0.717, 1.165) is 40.9 Å². The number of nitrogens with one attached hydrogen (secondary N) is 1. The SMILES string of the molecule is Cc1ccccc1NC(=O)C(C)n1c(C)nc2sc3c(c2c1=O)CCC(C)C3. The van der Waals surface area contributed by atoms with E-state index in [-0.39, 0.29) is 11.5 Å². The number of amides is 1. The summed E-state index contributed by atoms with van der Waals surface area (Å²) in [6, 6.07) is 7.00. The molecule has 0 saturated heterocycles. The fourth-order valence-corrected chi connectivity index (χ4v) is 5.45. The number of carbonyl (C=O) groups is 1. The number of carbonyl (C=O) groups excluding carboxylic acids is 1. The molecular formula is C22H25N3O2S. The number of fused-ring (bicyclic) bond motifs is 3. The molecule has 28 heavy (non-hydrogen) atoms. The highest BCUT2D eigenvalue weighted by atomic mass is 32.1. The molecule has 5 nitrogen and oxygen atoms in total. The van der Waals surface area contributed by atoms with Gasteiger partial charge in [-0.05, 0) is 63.1 Å². The van der Waals surface area contributed by atoms with Crippen molar-refractivity contribution in [2.75, 3.05) is 5.32 Å². The molecule has 6 heteroatoms. The number of thiophene rings is 1. The van der Waals surface area contributed by atoms with Gasteiger partial charge in [-0.1, -0.05) is 25.1 Å². The average molecular weight is 396 g/mol. The van der Waals surface area contributed by atoms with Gasteiger partial charge in [0.25, 0.3) is 5.56 Å². The van der Waals surface area contributed by atoms with Crippen LogP contribution < -0.4 is 10.9 Å². The molecular weight excluding hydrogens is 370 g/mol. The Morgan fingerprint density at radius 2 is 2.07 bits per heavy atom. The fraction of sp³-hybridized carbons (Fsp3) is 0.409. The molecule has 0 aliphatic heterocycles. The summed E-state index contributed by atoms with van der Waals surface area (Å²) < 4.78 is 1.54. The highest BCUT2D eigenvalue weighted by Crippen LogP contribution is 2.36. The number of aryl methyl sites for hydroxylation is 3. The monoisotopic (exact) mass is 395 g/mol. The molecule has 1 aromatic carbocycles.